The van der Waals surface area contributed by atoms with Crippen molar-refractivity contribution in [3.63, 3.8) is 0 Å². The first-order valence-corrected chi connectivity index (χ1v) is 4.76. The van der Waals surface area contributed by atoms with Gasteiger partial charge in [0.2, 0.25) is 0 Å². The van der Waals surface area contributed by atoms with E-state index in [1.165, 1.54) is 6.42 Å². The lowest BCUT2D eigenvalue weighted by atomic mass is 10.3. The lowest BCUT2D eigenvalue weighted by Gasteiger charge is -2.17. The molecule has 0 amide bonds. The van der Waals surface area contributed by atoms with Gasteiger partial charge in [0.05, 0.1) is 0 Å². The standard InChI is InChI=1S/C8H14N2S/c1-3-5-9-8-10-6-4-7(2)11-8/h3,7H,1,4-6H2,2H3,(H,9,10). The lowest BCUT2D eigenvalue weighted by Crippen LogP contribution is -2.25. The molecule has 11 heavy (non-hydrogen) atoms. The summed E-state index contributed by atoms with van der Waals surface area (Å²) in [6.07, 6.45) is 3.05. The SMILES string of the molecule is C=CCNC1=NCCC(C)S1. The van der Waals surface area contributed by atoms with Crippen LogP contribution < -0.4 is 5.32 Å². The van der Waals surface area contributed by atoms with Crippen LogP contribution >= 0.6 is 11.8 Å². The van der Waals surface area contributed by atoms with E-state index < -0.39 is 0 Å². The molecule has 1 aliphatic heterocycles. The van der Waals surface area contributed by atoms with Crippen LogP contribution in [0.15, 0.2) is 17.6 Å². The Morgan fingerprint density at radius 2 is 2.73 bits per heavy atom. The Hall–Kier alpha value is -0.440. The van der Waals surface area contributed by atoms with Gasteiger partial charge in [-0.2, -0.15) is 0 Å². The fourth-order valence-electron chi connectivity index (χ4n) is 0.892. The highest BCUT2D eigenvalue weighted by molar-refractivity contribution is 8.14. The van der Waals surface area contributed by atoms with E-state index in [2.05, 4.69) is 23.8 Å². The van der Waals surface area contributed by atoms with Crippen molar-refractivity contribution in [1.29, 1.82) is 0 Å². The molecule has 62 valence electrons. The zero-order valence-corrected chi connectivity index (χ0v) is 7.66. The average molecular weight is 170 g/mol. The quantitative estimate of drug-likeness (QED) is 0.637. The predicted molar refractivity (Wildman–Crippen MR) is 52.2 cm³/mol. The molecule has 1 atom stereocenters. The van der Waals surface area contributed by atoms with Crippen molar-refractivity contribution < 1.29 is 0 Å². The molecule has 1 N–H and O–H groups in total. The minimum Gasteiger partial charge on any atom is -0.361 e. The molecule has 0 saturated heterocycles. The molecule has 0 aromatic carbocycles. The van der Waals surface area contributed by atoms with Crippen LogP contribution in [0.4, 0.5) is 0 Å². The van der Waals surface area contributed by atoms with E-state index >= 15 is 0 Å². The smallest absolute Gasteiger partial charge is 0.157 e. The van der Waals surface area contributed by atoms with E-state index in [1.807, 2.05) is 17.8 Å². The maximum atomic E-state index is 4.34. The molecule has 0 aromatic rings. The van der Waals surface area contributed by atoms with E-state index in [4.69, 9.17) is 0 Å². The summed E-state index contributed by atoms with van der Waals surface area (Å²) < 4.78 is 0. The van der Waals surface area contributed by atoms with E-state index in [9.17, 15) is 0 Å². The third kappa shape index (κ3) is 2.97. The largest absolute Gasteiger partial charge is 0.361 e. The van der Waals surface area contributed by atoms with Crippen molar-refractivity contribution >= 4 is 16.9 Å². The second-order valence-corrected chi connectivity index (χ2v) is 4.00. The van der Waals surface area contributed by atoms with Gasteiger partial charge in [-0.1, -0.05) is 24.8 Å². The Labute approximate surface area is 72.2 Å². The third-order valence-electron chi connectivity index (χ3n) is 1.50. The first kappa shape index (κ1) is 8.65. The van der Waals surface area contributed by atoms with Crippen LogP contribution in [0.1, 0.15) is 13.3 Å². The molecule has 0 aliphatic carbocycles. The molecule has 1 unspecified atom stereocenters. The molecule has 1 heterocycles. The highest BCUT2D eigenvalue weighted by Crippen LogP contribution is 2.19. The van der Waals surface area contributed by atoms with Crippen molar-refractivity contribution in [2.75, 3.05) is 13.1 Å². The fraction of sp³-hybridized carbons (Fsp3) is 0.625. The van der Waals surface area contributed by atoms with E-state index in [0.717, 1.165) is 18.3 Å². The van der Waals surface area contributed by atoms with Gasteiger partial charge < -0.3 is 5.32 Å². The lowest BCUT2D eigenvalue weighted by molar-refractivity contribution is 0.810. The number of hydrogen-bond donors (Lipinski definition) is 1. The molecule has 3 heteroatoms. The normalized spacial score (nSPS) is 24.1. The monoisotopic (exact) mass is 170 g/mol. The molecule has 1 rings (SSSR count). The fourth-order valence-corrected chi connectivity index (χ4v) is 1.83. The van der Waals surface area contributed by atoms with E-state index in [-0.39, 0.29) is 0 Å². The van der Waals surface area contributed by atoms with Gasteiger partial charge in [0.25, 0.3) is 0 Å². The minimum atomic E-state index is 0.708. The van der Waals surface area contributed by atoms with Crippen LogP contribution in [0.25, 0.3) is 0 Å². The molecule has 0 aromatic heterocycles. The second kappa shape index (κ2) is 4.44. The van der Waals surface area contributed by atoms with Crippen molar-refractivity contribution in [2.45, 2.75) is 18.6 Å². The number of nitrogens with zero attached hydrogens (tertiary/aromatic N) is 1. The van der Waals surface area contributed by atoms with Crippen LogP contribution in [0.2, 0.25) is 0 Å². The summed E-state index contributed by atoms with van der Waals surface area (Å²) >= 11 is 1.82. The van der Waals surface area contributed by atoms with Crippen molar-refractivity contribution in [1.82, 2.24) is 5.32 Å². The van der Waals surface area contributed by atoms with Gasteiger partial charge in [-0.05, 0) is 6.42 Å². The molecule has 0 saturated carbocycles. The summed E-state index contributed by atoms with van der Waals surface area (Å²) in [4.78, 5) is 4.34. The Bertz CT molecular complexity index is 165. The topological polar surface area (TPSA) is 24.4 Å². The first-order valence-electron chi connectivity index (χ1n) is 3.89. The summed E-state index contributed by atoms with van der Waals surface area (Å²) in [5.41, 5.74) is 0. The van der Waals surface area contributed by atoms with Gasteiger partial charge in [-0.25, -0.2) is 0 Å². The molecule has 0 spiro atoms. The summed E-state index contributed by atoms with van der Waals surface area (Å²) in [6, 6.07) is 0. The molecular weight excluding hydrogens is 156 g/mol. The van der Waals surface area contributed by atoms with E-state index in [0.29, 0.717) is 5.25 Å². The summed E-state index contributed by atoms with van der Waals surface area (Å²) in [5, 5.41) is 4.98. The van der Waals surface area contributed by atoms with Crippen LogP contribution in [-0.2, 0) is 0 Å². The zero-order valence-electron chi connectivity index (χ0n) is 6.84. The molecular formula is C8H14N2S. The van der Waals surface area contributed by atoms with E-state index in [1.54, 1.807) is 0 Å². The first-order chi connectivity index (χ1) is 5.33. The van der Waals surface area contributed by atoms with Crippen molar-refractivity contribution in [3.8, 4) is 0 Å². The maximum Gasteiger partial charge on any atom is 0.157 e. The minimum absolute atomic E-state index is 0.708. The zero-order chi connectivity index (χ0) is 8.10. The average Bonchev–Trinajstić information content (AvgIpc) is 2.01. The Morgan fingerprint density at radius 3 is 3.36 bits per heavy atom. The molecule has 1 aliphatic rings. The number of thioether (sulfide) groups is 1. The van der Waals surface area contributed by atoms with Gasteiger partial charge in [0.15, 0.2) is 5.17 Å². The van der Waals surface area contributed by atoms with Crippen LogP contribution in [0.3, 0.4) is 0 Å². The van der Waals surface area contributed by atoms with Crippen molar-refractivity contribution in [2.24, 2.45) is 4.99 Å². The van der Waals surface area contributed by atoms with Gasteiger partial charge in [0.1, 0.15) is 0 Å². The van der Waals surface area contributed by atoms with Gasteiger partial charge in [-0.15, -0.1) is 6.58 Å². The van der Waals surface area contributed by atoms with Crippen LogP contribution in [0.5, 0.6) is 0 Å². The second-order valence-electron chi connectivity index (χ2n) is 2.57. The van der Waals surface area contributed by atoms with Gasteiger partial charge >= 0.3 is 0 Å². The molecule has 2 nitrogen and oxygen atoms in total. The predicted octanol–water partition coefficient (Wildman–Crippen LogP) is 1.64. The molecule has 0 fully saturated rings. The van der Waals surface area contributed by atoms with Gasteiger partial charge in [0, 0.05) is 18.3 Å². The summed E-state index contributed by atoms with van der Waals surface area (Å²) in [6.45, 7) is 7.65. The third-order valence-corrected chi connectivity index (χ3v) is 2.64. The number of amidine groups is 1. The Balaban J connectivity index is 2.32. The molecule has 0 radical (unpaired) electrons. The highest BCUT2D eigenvalue weighted by atomic mass is 32.2. The van der Waals surface area contributed by atoms with Crippen LogP contribution in [-0.4, -0.2) is 23.5 Å². The number of nitrogens with one attached hydrogen (secondary N) is 1. The number of hydrogen-bond acceptors (Lipinski definition) is 3. The number of rotatable bonds is 2. The highest BCUT2D eigenvalue weighted by Gasteiger charge is 2.11. The maximum absolute atomic E-state index is 4.34. The Morgan fingerprint density at radius 1 is 1.91 bits per heavy atom. The summed E-state index contributed by atoms with van der Waals surface area (Å²) in [5.74, 6) is 0. The number of aliphatic imine (C=N–C) groups is 1. The van der Waals surface area contributed by atoms with Crippen molar-refractivity contribution in [3.05, 3.63) is 12.7 Å². The van der Waals surface area contributed by atoms with Gasteiger partial charge in [-0.3, -0.25) is 4.99 Å². The Kier molecular flexibility index (Phi) is 3.49. The molecule has 0 bridgehead atoms. The van der Waals surface area contributed by atoms with Crippen LogP contribution in [0, 0.1) is 0 Å². The summed E-state index contributed by atoms with van der Waals surface area (Å²) in [7, 11) is 0.